The lowest BCUT2D eigenvalue weighted by Gasteiger charge is -2.14. The molecule has 0 fully saturated rings. The minimum absolute atomic E-state index is 0.0566. The van der Waals surface area contributed by atoms with Gasteiger partial charge >= 0.3 is 5.69 Å². The van der Waals surface area contributed by atoms with Crippen LogP contribution in [0.15, 0.2) is 52.2 Å². The van der Waals surface area contributed by atoms with Gasteiger partial charge in [0.1, 0.15) is 18.5 Å². The Labute approximate surface area is 186 Å². The molecule has 32 heavy (non-hydrogen) atoms. The van der Waals surface area contributed by atoms with Gasteiger partial charge in [-0.2, -0.15) is 0 Å². The molecule has 0 spiro atoms. The molecule has 3 aromatic rings. The van der Waals surface area contributed by atoms with E-state index in [1.54, 1.807) is 30.3 Å². The van der Waals surface area contributed by atoms with Gasteiger partial charge in [0.2, 0.25) is 10.0 Å². The number of imidazole rings is 1. The number of carbonyl (C=O) groups is 1. The van der Waals surface area contributed by atoms with Crippen LogP contribution in [0.4, 0.5) is 0 Å². The lowest BCUT2D eigenvalue weighted by atomic mass is 10.1. The van der Waals surface area contributed by atoms with E-state index in [4.69, 9.17) is 4.74 Å². The molecule has 0 saturated carbocycles. The van der Waals surface area contributed by atoms with E-state index in [9.17, 15) is 23.1 Å². The zero-order valence-corrected chi connectivity index (χ0v) is 19.3. The highest BCUT2D eigenvalue weighted by molar-refractivity contribution is 7.89. The first-order valence-electron chi connectivity index (χ1n) is 10.1. The van der Waals surface area contributed by atoms with E-state index in [1.807, 2.05) is 6.92 Å². The van der Waals surface area contributed by atoms with Crippen molar-refractivity contribution < 1.29 is 23.1 Å². The Bertz CT molecular complexity index is 1290. The Morgan fingerprint density at radius 2 is 1.75 bits per heavy atom. The zero-order chi connectivity index (χ0) is 23.6. The summed E-state index contributed by atoms with van der Waals surface area (Å²) >= 11 is 0. The van der Waals surface area contributed by atoms with Crippen molar-refractivity contribution in [2.75, 3.05) is 20.7 Å². The molecule has 1 heterocycles. The van der Waals surface area contributed by atoms with E-state index in [1.165, 1.54) is 42.3 Å². The van der Waals surface area contributed by atoms with Crippen LogP contribution >= 0.6 is 0 Å². The van der Waals surface area contributed by atoms with Crippen molar-refractivity contribution in [1.82, 2.24) is 13.4 Å². The molecule has 2 aromatic carbocycles. The number of aryl methyl sites for hydroxylation is 1. The van der Waals surface area contributed by atoms with Gasteiger partial charge in [-0.25, -0.2) is 17.5 Å². The molecule has 1 aromatic heterocycles. The third-order valence-electron chi connectivity index (χ3n) is 5.18. The maximum atomic E-state index is 12.9. The van der Waals surface area contributed by atoms with Crippen LogP contribution in [0.1, 0.15) is 24.2 Å². The lowest BCUT2D eigenvalue weighted by molar-refractivity contribution is 0.0923. The fourth-order valence-electron chi connectivity index (χ4n) is 3.39. The van der Waals surface area contributed by atoms with Crippen molar-refractivity contribution in [1.29, 1.82) is 0 Å². The number of sulfonamides is 1. The van der Waals surface area contributed by atoms with Crippen LogP contribution in [-0.4, -0.2) is 59.6 Å². The number of ether oxygens (including phenoxy) is 1. The van der Waals surface area contributed by atoms with Crippen LogP contribution in [0.5, 0.6) is 5.75 Å². The largest absolute Gasteiger partial charge is 0.491 e. The molecular weight excluding hydrogens is 434 g/mol. The maximum absolute atomic E-state index is 12.9. The molecular formula is C22H27N3O6S. The van der Waals surface area contributed by atoms with Crippen LogP contribution in [0.3, 0.4) is 0 Å². The quantitative estimate of drug-likeness (QED) is 0.486. The minimum Gasteiger partial charge on any atom is -0.491 e. The Morgan fingerprint density at radius 1 is 1.09 bits per heavy atom. The number of nitrogens with zero attached hydrogens (tertiary/aromatic N) is 3. The molecule has 1 unspecified atom stereocenters. The summed E-state index contributed by atoms with van der Waals surface area (Å²) in [5.74, 6) is 0.427. The first kappa shape index (κ1) is 23.7. The Kier molecular flexibility index (Phi) is 6.87. The smallest absolute Gasteiger partial charge is 0.329 e. The fourth-order valence-corrected chi connectivity index (χ4v) is 4.32. The lowest BCUT2D eigenvalue weighted by Crippen LogP contribution is -2.31. The summed E-state index contributed by atoms with van der Waals surface area (Å²) in [5, 5.41) is 10.5. The predicted molar refractivity (Wildman–Crippen MR) is 121 cm³/mol. The molecule has 0 aliphatic heterocycles. The van der Waals surface area contributed by atoms with E-state index >= 15 is 0 Å². The number of aliphatic hydroxyl groups excluding tert-OH is 1. The maximum Gasteiger partial charge on any atom is 0.329 e. The zero-order valence-electron chi connectivity index (χ0n) is 18.5. The number of benzene rings is 2. The van der Waals surface area contributed by atoms with E-state index in [0.29, 0.717) is 28.9 Å². The van der Waals surface area contributed by atoms with E-state index in [0.717, 1.165) is 4.31 Å². The molecule has 10 heteroatoms. The number of Topliss-reactive ketones (excluding diaryl/α,β-unsaturated/α-hetero) is 1. The highest BCUT2D eigenvalue weighted by atomic mass is 32.2. The number of carbonyl (C=O) groups excluding carboxylic acids is 1. The van der Waals surface area contributed by atoms with Crippen molar-refractivity contribution in [3.63, 3.8) is 0 Å². The van der Waals surface area contributed by atoms with Gasteiger partial charge in [0, 0.05) is 26.2 Å². The second-order valence-corrected chi connectivity index (χ2v) is 9.77. The number of hydrogen-bond donors (Lipinski definition) is 1. The molecule has 0 saturated heterocycles. The third kappa shape index (κ3) is 4.62. The second kappa shape index (κ2) is 9.27. The average molecular weight is 462 g/mol. The number of aliphatic hydroxyl groups is 1. The number of aromatic nitrogens is 2. The topological polar surface area (TPSA) is 111 Å². The standard InChI is InChI=1S/C22H27N3O6S/c1-5-24-20-11-10-19(32(29,30)23(3)4)12-21(20)25(22(24)28)13-17(27)14-31-18-8-6-16(7-9-18)15(2)26/h6-12,17,27H,5,13-14H2,1-4H3. The van der Waals surface area contributed by atoms with Gasteiger partial charge in [-0.15, -0.1) is 0 Å². The van der Waals surface area contributed by atoms with Gasteiger partial charge in [0.05, 0.1) is 22.5 Å². The summed E-state index contributed by atoms with van der Waals surface area (Å²) < 4.78 is 34.6. The molecule has 0 aliphatic carbocycles. The Morgan fingerprint density at radius 3 is 2.31 bits per heavy atom. The first-order valence-corrected chi connectivity index (χ1v) is 11.6. The Hall–Kier alpha value is -2.95. The van der Waals surface area contributed by atoms with Crippen molar-refractivity contribution in [2.45, 2.75) is 37.9 Å². The summed E-state index contributed by atoms with van der Waals surface area (Å²) in [4.78, 5) is 24.3. The van der Waals surface area contributed by atoms with Gasteiger partial charge in [0.15, 0.2) is 5.78 Å². The van der Waals surface area contributed by atoms with Gasteiger partial charge in [-0.3, -0.25) is 13.9 Å². The summed E-state index contributed by atoms with van der Waals surface area (Å²) in [6.07, 6.45) is -1.02. The normalized spacial score (nSPS) is 12.9. The van der Waals surface area contributed by atoms with E-state index in [-0.39, 0.29) is 29.5 Å². The molecule has 0 aliphatic rings. The van der Waals surface area contributed by atoms with Crippen molar-refractivity contribution >= 4 is 26.8 Å². The summed E-state index contributed by atoms with van der Waals surface area (Å²) in [6.45, 7) is 3.54. The molecule has 172 valence electrons. The summed E-state index contributed by atoms with van der Waals surface area (Å²) in [6, 6.07) is 11.1. The highest BCUT2D eigenvalue weighted by Gasteiger charge is 2.21. The first-order chi connectivity index (χ1) is 15.1. The molecule has 1 N–H and O–H groups in total. The van der Waals surface area contributed by atoms with Crippen molar-refractivity contribution in [2.24, 2.45) is 0 Å². The number of rotatable bonds is 9. The Balaban J connectivity index is 1.87. The van der Waals surface area contributed by atoms with Gasteiger partial charge in [0.25, 0.3) is 0 Å². The fraction of sp³-hybridized carbons (Fsp3) is 0.364. The van der Waals surface area contributed by atoms with Crippen LogP contribution < -0.4 is 10.4 Å². The molecule has 9 nitrogen and oxygen atoms in total. The molecule has 0 amide bonds. The van der Waals surface area contributed by atoms with Gasteiger partial charge in [-0.05, 0) is 56.3 Å². The molecule has 0 bridgehead atoms. The van der Waals surface area contributed by atoms with Gasteiger partial charge < -0.3 is 9.84 Å². The molecule has 1 atom stereocenters. The number of ketones is 1. The van der Waals surface area contributed by atoms with E-state index in [2.05, 4.69) is 0 Å². The average Bonchev–Trinajstić information content (AvgIpc) is 3.02. The third-order valence-corrected chi connectivity index (χ3v) is 6.99. The second-order valence-electron chi connectivity index (χ2n) is 7.62. The van der Waals surface area contributed by atoms with Crippen molar-refractivity contribution in [3.8, 4) is 5.75 Å². The summed E-state index contributed by atoms with van der Waals surface area (Å²) in [5.41, 5.74) is 1.22. The van der Waals surface area contributed by atoms with Crippen molar-refractivity contribution in [3.05, 3.63) is 58.5 Å². The minimum atomic E-state index is -3.68. The van der Waals surface area contributed by atoms with Crippen LogP contribution in [0.25, 0.3) is 11.0 Å². The van der Waals surface area contributed by atoms with Crippen LogP contribution in [0, 0.1) is 0 Å². The number of hydrogen-bond acceptors (Lipinski definition) is 6. The van der Waals surface area contributed by atoms with Crippen LogP contribution in [0.2, 0.25) is 0 Å². The van der Waals surface area contributed by atoms with E-state index < -0.39 is 16.1 Å². The number of fused-ring (bicyclic) bond motifs is 1. The molecule has 0 radical (unpaired) electrons. The predicted octanol–water partition coefficient (Wildman–Crippen LogP) is 1.72. The molecule has 3 rings (SSSR count). The van der Waals surface area contributed by atoms with Gasteiger partial charge in [-0.1, -0.05) is 0 Å². The SMILES string of the molecule is CCn1c(=O)n(CC(O)COc2ccc(C(C)=O)cc2)c2cc(S(=O)(=O)N(C)C)ccc21. The monoisotopic (exact) mass is 461 g/mol. The van der Waals surface area contributed by atoms with Crippen LogP contribution in [-0.2, 0) is 23.1 Å². The highest BCUT2D eigenvalue weighted by Crippen LogP contribution is 2.21. The summed E-state index contributed by atoms with van der Waals surface area (Å²) in [7, 11) is -0.806.